The fourth-order valence-electron chi connectivity index (χ4n) is 13.2. The Kier molecular flexibility index (Phi) is 39.8. The van der Waals surface area contributed by atoms with Crippen molar-refractivity contribution >= 4 is 82.7 Å². The summed E-state index contributed by atoms with van der Waals surface area (Å²) < 4.78 is 16.6. The van der Waals surface area contributed by atoms with Crippen molar-refractivity contribution in [1.29, 1.82) is 0 Å². The number of aryl methyl sites for hydroxylation is 7. The summed E-state index contributed by atoms with van der Waals surface area (Å²) >= 11 is 0. The number of phenols is 5. The number of ether oxygens (including phenoxy) is 3. The number of methoxy groups -OCH3 is 1. The topological polar surface area (TPSA) is 265 Å². The summed E-state index contributed by atoms with van der Waals surface area (Å²) in [6, 6.07) is 91.0. The molecule has 16 nitrogen and oxygen atoms in total. The lowest BCUT2D eigenvalue weighted by Crippen LogP contribution is -2.06. The van der Waals surface area contributed by atoms with E-state index in [1.807, 2.05) is 224 Å². The predicted molar refractivity (Wildman–Crippen MR) is 538 cm³/mol. The molecule has 0 spiro atoms. The monoisotopic (exact) mass is 1780 g/mol. The maximum atomic E-state index is 12.3. The van der Waals surface area contributed by atoms with Gasteiger partial charge in [0.15, 0.2) is 46.3 Å². The van der Waals surface area contributed by atoms with E-state index in [4.69, 9.17) is 14.2 Å². The van der Waals surface area contributed by atoms with Gasteiger partial charge in [-0.3, -0.25) is 38.4 Å². The van der Waals surface area contributed by atoms with E-state index >= 15 is 0 Å². The van der Waals surface area contributed by atoms with Gasteiger partial charge in [0.25, 0.3) is 0 Å². The van der Waals surface area contributed by atoms with E-state index in [1.54, 1.807) is 174 Å². The number of benzene rings is 14. The third-order valence-electron chi connectivity index (χ3n) is 21.1. The summed E-state index contributed by atoms with van der Waals surface area (Å²) in [5.74, 6) is 9.76. The second-order valence-corrected chi connectivity index (χ2v) is 31.9. The predicted octanol–water partition coefficient (Wildman–Crippen LogP) is 26.4. The molecule has 680 valence electrons. The molecule has 5 N–H and O–H groups in total. The van der Waals surface area contributed by atoms with Crippen LogP contribution in [0.4, 0.5) is 0 Å². The molecule has 14 aromatic carbocycles. The minimum Gasteiger partial charge on any atom is -0.508 e. The van der Waals surface area contributed by atoms with E-state index in [1.165, 1.54) is 31.9 Å². The first-order chi connectivity index (χ1) is 64.0. The number of Topliss-reactive ketones (excluding diaryl/α,β-unsaturated/α-hetero) is 8. The molecular weight excluding hydrogens is 1670 g/mol. The number of carbonyl (C=O) groups excluding carboxylic acids is 8. The molecule has 0 heterocycles. The Morgan fingerprint density at radius 3 is 1.14 bits per heavy atom. The second kappa shape index (κ2) is 51.7. The first kappa shape index (κ1) is 103. The summed E-state index contributed by atoms with van der Waals surface area (Å²) in [6.45, 7) is 25.3. The third kappa shape index (κ3) is 34.2. The number of aromatic hydroxyl groups is 5. The van der Waals surface area contributed by atoms with E-state index in [9.17, 15) is 63.9 Å². The first-order valence-corrected chi connectivity index (χ1v) is 43.3. The van der Waals surface area contributed by atoms with Crippen LogP contribution in [0.25, 0.3) is 36.5 Å². The van der Waals surface area contributed by atoms with Crippen molar-refractivity contribution in [2.24, 2.45) is 0 Å². The Hall–Kier alpha value is -16.4. The highest BCUT2D eigenvalue weighted by molar-refractivity contribution is 6.02. The van der Waals surface area contributed by atoms with Crippen LogP contribution < -0.4 is 14.2 Å². The molecule has 0 fully saturated rings. The average molecular weight is 1790 g/mol. The number of rotatable bonds is 23. The molecule has 16 heteroatoms. The number of carbonyl (C=O) groups is 8. The standard InChI is InChI=1S/C18H18O2.C17H16O3.C17H16O2.C17H14O2.C17H16O.2C16H16O3/c1-13-11-18(20-3)10-9-16(13)8-7-15-5-4-6-17(12-15)14(2)19;1-11-8-16(19)7-6-13(11)10-17(20)15-5-3-4-14(9-15)12(2)18;2*1-12-10-17(19)9-8-15(12)7-6-14-4-3-5-16(11-14)13(2)18;1-13-6-3-4-8-16(13)11-10-15-7-5-9-17(12-15)14(2)18;1-11-8-15(18)7-6-14(11)10-19-16-5-3-4-13(9-16)12(2)17;1-11-8-15(18)6-7-16(11)19-10-13-4-3-5-14(9-13)12(2)17/h4-12H,1-3H3;3-9,19H,10H2,1-2H3;3-11,19H,1-2H3;3-5,8-11,19H,1-2H3;3-12H,1-2H3;2*3-9,18H,10H2,1-2H3/b8-7+;;7-6+;;11-10+;;. The van der Waals surface area contributed by atoms with Crippen molar-refractivity contribution in [2.75, 3.05) is 7.11 Å². The van der Waals surface area contributed by atoms with Gasteiger partial charge in [0, 0.05) is 62.1 Å². The zero-order valence-electron chi connectivity index (χ0n) is 78.2. The molecule has 0 unspecified atom stereocenters. The van der Waals surface area contributed by atoms with Crippen LogP contribution in [0, 0.1) is 60.3 Å². The van der Waals surface area contributed by atoms with Crippen LogP contribution in [0.5, 0.6) is 46.0 Å². The molecule has 0 aliphatic rings. The lowest BCUT2D eigenvalue weighted by molar-refractivity contribution is 0.0985. The van der Waals surface area contributed by atoms with Crippen molar-refractivity contribution in [3.8, 4) is 57.8 Å². The maximum Gasteiger partial charge on any atom is 0.167 e. The molecule has 134 heavy (non-hydrogen) atoms. The molecule has 14 rings (SSSR count). The van der Waals surface area contributed by atoms with Gasteiger partial charge in [0.1, 0.15) is 59.2 Å². The molecule has 0 bridgehead atoms. The average Bonchev–Trinajstić information content (AvgIpc) is 0.837. The van der Waals surface area contributed by atoms with Gasteiger partial charge in [-0.2, -0.15) is 0 Å². The van der Waals surface area contributed by atoms with Gasteiger partial charge < -0.3 is 39.7 Å². The summed E-state index contributed by atoms with van der Waals surface area (Å²) in [4.78, 5) is 91.4. The fraction of sp³-hybridized carbons (Fsp3) is 0.153. The van der Waals surface area contributed by atoms with Gasteiger partial charge in [-0.15, -0.1) is 0 Å². The summed E-state index contributed by atoms with van der Waals surface area (Å²) in [7, 11) is 1.66. The van der Waals surface area contributed by atoms with Gasteiger partial charge in [0.05, 0.1) is 7.11 Å². The van der Waals surface area contributed by atoms with Crippen LogP contribution in [-0.2, 0) is 19.6 Å². The highest BCUT2D eigenvalue weighted by atomic mass is 16.5. The molecule has 14 aromatic rings. The summed E-state index contributed by atoms with van der Waals surface area (Å²) in [5, 5.41) is 46.7. The Balaban J connectivity index is 0.000000192. The molecule has 0 atom stereocenters. The lowest BCUT2D eigenvalue weighted by Gasteiger charge is -2.10. The molecule has 0 aliphatic carbocycles. The Morgan fingerprint density at radius 1 is 0.276 bits per heavy atom. The van der Waals surface area contributed by atoms with Crippen LogP contribution in [0.15, 0.2) is 303 Å². The molecule has 0 saturated carbocycles. The van der Waals surface area contributed by atoms with Crippen LogP contribution in [-0.4, -0.2) is 78.9 Å². The SMILES string of the molecule is CC(=O)c1cccc(/C=C/c2ccc(O)cc2C)c1.CC(=O)c1cccc(/C=C/c2ccccc2C)c1.CC(=O)c1cccc(C#Cc2ccc(O)cc2C)c1.CC(=O)c1cccc(C(=O)Cc2ccc(O)cc2C)c1.CC(=O)c1cccc(COc2ccc(O)cc2C)c1.CC(=O)c1cccc(OCc2ccc(O)cc2C)c1.COc1ccc(/C=C/c2cccc(C(C)=O)c2)c(C)c1. The van der Waals surface area contributed by atoms with Gasteiger partial charge in [-0.05, 0) is 325 Å². The van der Waals surface area contributed by atoms with Crippen LogP contribution in [0.1, 0.15) is 231 Å². The minimum atomic E-state index is -0.0551. The van der Waals surface area contributed by atoms with E-state index in [0.29, 0.717) is 52.3 Å². The molecule has 0 radical (unpaired) electrons. The van der Waals surface area contributed by atoms with E-state index < -0.39 is 0 Å². The number of hydrogen-bond acceptors (Lipinski definition) is 16. The van der Waals surface area contributed by atoms with Gasteiger partial charge in [0.2, 0.25) is 0 Å². The van der Waals surface area contributed by atoms with E-state index in [0.717, 1.165) is 112 Å². The smallest absolute Gasteiger partial charge is 0.167 e. The lowest BCUT2D eigenvalue weighted by atomic mass is 9.97. The number of ketones is 8. The summed E-state index contributed by atoms with van der Waals surface area (Å²) in [6.07, 6.45) is 12.4. The van der Waals surface area contributed by atoms with Crippen LogP contribution in [0.2, 0.25) is 0 Å². The summed E-state index contributed by atoms with van der Waals surface area (Å²) in [5.41, 5.74) is 23.3. The van der Waals surface area contributed by atoms with Gasteiger partial charge in [-0.1, -0.05) is 212 Å². The van der Waals surface area contributed by atoms with Crippen molar-refractivity contribution in [1.82, 2.24) is 0 Å². The quantitative estimate of drug-likeness (QED) is 0.0226. The maximum absolute atomic E-state index is 12.3. The molecule has 0 saturated heterocycles. The Morgan fingerprint density at radius 2 is 0.664 bits per heavy atom. The molecule has 0 aliphatic heterocycles. The molecule has 0 amide bonds. The first-order valence-electron chi connectivity index (χ1n) is 43.3. The Labute approximate surface area is 785 Å². The normalized spacial score (nSPS) is 10.4. The largest absolute Gasteiger partial charge is 0.508 e. The third-order valence-corrected chi connectivity index (χ3v) is 21.1. The zero-order valence-corrected chi connectivity index (χ0v) is 78.2. The highest BCUT2D eigenvalue weighted by Gasteiger charge is 2.14. The van der Waals surface area contributed by atoms with Gasteiger partial charge >= 0.3 is 0 Å². The van der Waals surface area contributed by atoms with Crippen LogP contribution in [0.3, 0.4) is 0 Å². The van der Waals surface area contributed by atoms with E-state index in [-0.39, 0.29) is 81.4 Å². The number of phenolic OH excluding ortho intramolecular Hbond substituents is 5. The van der Waals surface area contributed by atoms with Crippen LogP contribution >= 0.6 is 0 Å². The van der Waals surface area contributed by atoms with Gasteiger partial charge in [-0.25, -0.2) is 0 Å². The zero-order chi connectivity index (χ0) is 97.5. The molecular formula is C118H112O16. The van der Waals surface area contributed by atoms with Crippen molar-refractivity contribution in [3.05, 3.63) is 448 Å². The second-order valence-electron chi connectivity index (χ2n) is 31.9. The Bertz CT molecular complexity index is 6590. The van der Waals surface area contributed by atoms with Crippen molar-refractivity contribution < 1.29 is 78.1 Å². The number of hydrogen-bond donors (Lipinski definition) is 5. The van der Waals surface area contributed by atoms with Crippen molar-refractivity contribution in [2.45, 2.75) is 117 Å². The minimum absolute atomic E-state index is 0.0197. The van der Waals surface area contributed by atoms with E-state index in [2.05, 4.69) is 37.0 Å². The molecule has 0 aromatic heterocycles. The highest BCUT2D eigenvalue weighted by Crippen LogP contribution is 2.28. The van der Waals surface area contributed by atoms with Crippen molar-refractivity contribution in [3.63, 3.8) is 0 Å². The fourth-order valence-corrected chi connectivity index (χ4v) is 13.2.